The molecule has 0 aliphatic heterocycles. The van der Waals surface area contributed by atoms with E-state index in [-0.39, 0.29) is 5.41 Å². The Morgan fingerprint density at radius 3 is 1.80 bits per heavy atom. The van der Waals surface area contributed by atoms with Crippen molar-refractivity contribution in [2.75, 3.05) is 4.90 Å². The van der Waals surface area contributed by atoms with Gasteiger partial charge >= 0.3 is 0 Å². The summed E-state index contributed by atoms with van der Waals surface area (Å²) in [4.78, 5) is 2.37. The first kappa shape index (κ1) is 36.5. The van der Waals surface area contributed by atoms with E-state index in [4.69, 9.17) is 8.83 Å². The highest BCUT2D eigenvalue weighted by Gasteiger charge is 2.37. The summed E-state index contributed by atoms with van der Waals surface area (Å²) in [6.45, 7) is 4.72. The molecule has 1 aliphatic carbocycles. The minimum Gasteiger partial charge on any atom is -0.455 e. The molecule has 2 heterocycles. The first-order valence-corrected chi connectivity index (χ1v) is 22.1. The Labute approximate surface area is 371 Å². The summed E-state index contributed by atoms with van der Waals surface area (Å²) in [6.07, 6.45) is 0. The number of hydrogen-bond acceptors (Lipinski definition) is 3. The van der Waals surface area contributed by atoms with Gasteiger partial charge < -0.3 is 13.7 Å². The third kappa shape index (κ3) is 5.47. The van der Waals surface area contributed by atoms with Crippen molar-refractivity contribution in [3.63, 3.8) is 0 Å². The molecule has 0 saturated heterocycles. The van der Waals surface area contributed by atoms with Crippen LogP contribution in [0.3, 0.4) is 0 Å². The Balaban J connectivity index is 0.948. The lowest BCUT2D eigenvalue weighted by atomic mass is 9.79. The number of para-hydroxylation sites is 2. The third-order valence-electron chi connectivity index (χ3n) is 13.7. The van der Waals surface area contributed by atoms with Crippen LogP contribution in [0.4, 0.5) is 17.1 Å². The lowest BCUT2D eigenvalue weighted by Crippen LogP contribution is -2.16. The molecule has 13 rings (SSSR count). The summed E-state index contributed by atoms with van der Waals surface area (Å²) < 4.78 is 13.1. The Morgan fingerprint density at radius 1 is 0.359 bits per heavy atom. The van der Waals surface area contributed by atoms with E-state index in [0.717, 1.165) is 88.6 Å². The van der Waals surface area contributed by atoms with Crippen molar-refractivity contribution in [1.29, 1.82) is 0 Å². The molecule has 1 aliphatic rings. The van der Waals surface area contributed by atoms with Crippen LogP contribution >= 0.6 is 0 Å². The highest BCUT2D eigenvalue weighted by atomic mass is 16.3. The predicted octanol–water partition coefficient (Wildman–Crippen LogP) is 17.4. The van der Waals surface area contributed by atoms with Crippen LogP contribution in [0, 0.1) is 0 Å². The van der Waals surface area contributed by atoms with E-state index in [9.17, 15) is 0 Å². The van der Waals surface area contributed by atoms with Crippen LogP contribution in [0.15, 0.2) is 221 Å². The number of rotatable bonds is 6. The SMILES string of the molecule is CC1(C)c2ccccc2-c2cccc(-c3ccc(N(c4ccc(-c5cccc6c5oc5ccccc56)cc4)c4cccc(-c5cccc6oc7c8ccccc8ccc7c56)c4)cc3)c21. The van der Waals surface area contributed by atoms with Crippen LogP contribution in [0.25, 0.3) is 99.2 Å². The number of nitrogens with zero attached hydrogens (tertiary/aromatic N) is 1. The molecule has 10 aromatic carbocycles. The van der Waals surface area contributed by atoms with Gasteiger partial charge in [0.25, 0.3) is 0 Å². The molecule has 0 atom stereocenters. The lowest BCUT2D eigenvalue weighted by molar-refractivity contribution is 0.662. The summed E-state index contributed by atoms with van der Waals surface area (Å²) in [5.74, 6) is 0. The second-order valence-corrected chi connectivity index (χ2v) is 17.6. The highest BCUT2D eigenvalue weighted by Crippen LogP contribution is 2.52. The van der Waals surface area contributed by atoms with Gasteiger partial charge in [-0.2, -0.15) is 0 Å². The molecule has 3 heteroatoms. The van der Waals surface area contributed by atoms with Gasteiger partial charge in [-0.25, -0.2) is 0 Å². The average molecular weight is 820 g/mol. The maximum absolute atomic E-state index is 6.63. The number of hydrogen-bond donors (Lipinski definition) is 0. The second kappa shape index (κ2) is 13.9. The molecule has 0 N–H and O–H groups in total. The zero-order valence-corrected chi connectivity index (χ0v) is 35.5. The number of anilines is 3. The van der Waals surface area contributed by atoms with Crippen LogP contribution in [-0.4, -0.2) is 0 Å². The van der Waals surface area contributed by atoms with E-state index < -0.39 is 0 Å². The topological polar surface area (TPSA) is 29.5 Å². The quantitative estimate of drug-likeness (QED) is 0.167. The van der Waals surface area contributed by atoms with Gasteiger partial charge in [0, 0.05) is 55.0 Å². The average Bonchev–Trinajstić information content (AvgIpc) is 4.00. The van der Waals surface area contributed by atoms with Crippen molar-refractivity contribution in [2.45, 2.75) is 19.3 Å². The highest BCUT2D eigenvalue weighted by molar-refractivity contribution is 6.19. The van der Waals surface area contributed by atoms with E-state index in [2.05, 4.69) is 219 Å². The van der Waals surface area contributed by atoms with Crippen molar-refractivity contribution in [2.24, 2.45) is 0 Å². The molecule has 0 unspecified atom stereocenters. The van der Waals surface area contributed by atoms with Gasteiger partial charge in [-0.05, 0) is 110 Å². The second-order valence-electron chi connectivity index (χ2n) is 17.6. The van der Waals surface area contributed by atoms with Crippen molar-refractivity contribution in [3.05, 3.63) is 223 Å². The number of benzene rings is 10. The van der Waals surface area contributed by atoms with Gasteiger partial charge in [0.05, 0.1) is 0 Å². The fraction of sp³-hybridized carbons (Fsp3) is 0.0492. The third-order valence-corrected chi connectivity index (χ3v) is 13.7. The smallest absolute Gasteiger partial charge is 0.143 e. The van der Waals surface area contributed by atoms with Gasteiger partial charge in [-0.15, -0.1) is 0 Å². The number of furan rings is 2. The van der Waals surface area contributed by atoms with E-state index in [0.29, 0.717) is 0 Å². The van der Waals surface area contributed by atoms with Gasteiger partial charge in [0.2, 0.25) is 0 Å². The Bertz CT molecular complexity index is 3810. The monoisotopic (exact) mass is 819 g/mol. The van der Waals surface area contributed by atoms with E-state index >= 15 is 0 Å². The summed E-state index contributed by atoms with van der Waals surface area (Å²) in [6, 6.07) is 76.6. The van der Waals surface area contributed by atoms with Crippen LogP contribution in [0.2, 0.25) is 0 Å². The largest absolute Gasteiger partial charge is 0.455 e. The van der Waals surface area contributed by atoms with Gasteiger partial charge in [-0.3, -0.25) is 0 Å². The first-order chi connectivity index (χ1) is 31.5. The van der Waals surface area contributed by atoms with Gasteiger partial charge in [0.1, 0.15) is 22.3 Å². The zero-order valence-electron chi connectivity index (χ0n) is 35.5. The molecule has 0 saturated carbocycles. The van der Waals surface area contributed by atoms with Crippen LogP contribution in [0.5, 0.6) is 0 Å². The van der Waals surface area contributed by atoms with E-state index in [1.807, 2.05) is 12.1 Å². The molecule has 64 heavy (non-hydrogen) atoms. The molecule has 0 spiro atoms. The Hall–Kier alpha value is -8.14. The summed E-state index contributed by atoms with van der Waals surface area (Å²) in [5.41, 5.74) is 19.0. The van der Waals surface area contributed by atoms with Gasteiger partial charge in [-0.1, -0.05) is 172 Å². The Kier molecular flexibility index (Phi) is 7.95. The normalized spacial score (nSPS) is 13.0. The molecule has 12 aromatic rings. The standard InChI is InChI=1S/C61H41NO2/c1-61(2)54-24-7-5-17-49(54)51-22-10-20-46(58(51)61)39-27-32-42(33-28-39)62(43-34-29-40(30-35-43)48-21-11-23-52-50-18-6-8-25-55(50)63-59(48)52)44-15-9-14-41(37-44)45-19-12-26-56-57(45)53-36-31-38-13-3-4-16-47(38)60(53)64-56/h3-37H,1-2H3. The maximum atomic E-state index is 6.63. The molecule has 0 fully saturated rings. The van der Waals surface area contributed by atoms with Crippen molar-refractivity contribution in [1.82, 2.24) is 0 Å². The lowest BCUT2D eigenvalue weighted by Gasteiger charge is -2.27. The molecule has 302 valence electrons. The Morgan fingerprint density at radius 2 is 0.953 bits per heavy atom. The van der Waals surface area contributed by atoms with Gasteiger partial charge in [0.15, 0.2) is 0 Å². The van der Waals surface area contributed by atoms with Crippen molar-refractivity contribution in [3.8, 4) is 44.5 Å². The molecule has 0 amide bonds. The fourth-order valence-electron chi connectivity index (χ4n) is 10.7. The fourth-order valence-corrected chi connectivity index (χ4v) is 10.7. The molecular weight excluding hydrogens is 779 g/mol. The number of fused-ring (bicyclic) bond motifs is 11. The van der Waals surface area contributed by atoms with Crippen molar-refractivity contribution < 1.29 is 8.83 Å². The summed E-state index contributed by atoms with van der Waals surface area (Å²) >= 11 is 0. The van der Waals surface area contributed by atoms with E-state index in [1.165, 1.54) is 38.8 Å². The van der Waals surface area contributed by atoms with Crippen LogP contribution in [-0.2, 0) is 5.41 Å². The van der Waals surface area contributed by atoms with E-state index in [1.54, 1.807) is 0 Å². The predicted molar refractivity (Wildman–Crippen MR) is 267 cm³/mol. The molecule has 0 bridgehead atoms. The molecule has 2 aromatic heterocycles. The molecular formula is C61H41NO2. The molecule has 0 radical (unpaired) electrons. The molecule has 3 nitrogen and oxygen atoms in total. The van der Waals surface area contributed by atoms with Crippen LogP contribution in [0.1, 0.15) is 25.0 Å². The maximum Gasteiger partial charge on any atom is 0.143 e. The van der Waals surface area contributed by atoms with Crippen molar-refractivity contribution >= 4 is 71.7 Å². The summed E-state index contributed by atoms with van der Waals surface area (Å²) in [5, 5.41) is 6.80. The first-order valence-electron chi connectivity index (χ1n) is 22.1. The minimum absolute atomic E-state index is 0.113. The summed E-state index contributed by atoms with van der Waals surface area (Å²) in [7, 11) is 0. The minimum atomic E-state index is -0.113. The zero-order chi connectivity index (χ0) is 42.5. The van der Waals surface area contributed by atoms with Crippen LogP contribution < -0.4 is 4.90 Å².